The van der Waals surface area contributed by atoms with Gasteiger partial charge >= 0.3 is 0 Å². The van der Waals surface area contributed by atoms with Crippen LogP contribution in [0.1, 0.15) is 17.8 Å². The van der Waals surface area contributed by atoms with Crippen molar-refractivity contribution in [2.24, 2.45) is 7.05 Å². The summed E-state index contributed by atoms with van der Waals surface area (Å²) in [6, 6.07) is 3.76. The number of ether oxygens (including phenoxy) is 1. The Hall–Kier alpha value is -2.35. The van der Waals surface area contributed by atoms with E-state index in [0.717, 1.165) is 17.8 Å². The Morgan fingerprint density at radius 2 is 2.25 bits per heavy atom. The molecule has 1 saturated heterocycles. The molecule has 1 fully saturated rings. The number of nitrogens with two attached hydrogens (primary N) is 1. The molecule has 3 heterocycles. The topological polar surface area (TPSA) is 91.2 Å². The third kappa shape index (κ3) is 3.43. The highest BCUT2D eigenvalue weighted by molar-refractivity contribution is 5.79. The SMILES string of the molecule is CO[C@@H]1C[C@@H](Cn2ccc(N)n2)N(C(=O)Cc2cc(C)nn2C)C1. The van der Waals surface area contributed by atoms with Crippen LogP contribution >= 0.6 is 0 Å². The molecule has 0 bridgehead atoms. The summed E-state index contributed by atoms with van der Waals surface area (Å²) in [5, 5.41) is 8.53. The lowest BCUT2D eigenvalue weighted by Crippen LogP contribution is -2.39. The van der Waals surface area contributed by atoms with Gasteiger partial charge in [-0.3, -0.25) is 14.2 Å². The fraction of sp³-hybridized carbons (Fsp3) is 0.562. The van der Waals surface area contributed by atoms with Crippen LogP contribution in [0.5, 0.6) is 0 Å². The number of hydrogen-bond donors (Lipinski definition) is 1. The largest absolute Gasteiger partial charge is 0.382 e. The molecule has 24 heavy (non-hydrogen) atoms. The Bertz CT molecular complexity index is 722. The van der Waals surface area contributed by atoms with Crippen molar-refractivity contribution >= 4 is 11.7 Å². The number of anilines is 1. The van der Waals surface area contributed by atoms with Gasteiger partial charge in [-0.2, -0.15) is 10.2 Å². The molecule has 0 saturated carbocycles. The minimum Gasteiger partial charge on any atom is -0.382 e. The Kier molecular flexibility index (Phi) is 4.57. The van der Waals surface area contributed by atoms with E-state index in [0.29, 0.717) is 25.3 Å². The molecular weight excluding hydrogens is 308 g/mol. The minimum absolute atomic E-state index is 0.0519. The molecule has 0 radical (unpaired) electrons. The van der Waals surface area contributed by atoms with Gasteiger partial charge in [0.2, 0.25) is 5.91 Å². The van der Waals surface area contributed by atoms with Gasteiger partial charge in [-0.1, -0.05) is 0 Å². The summed E-state index contributed by atoms with van der Waals surface area (Å²) in [6.07, 6.45) is 3.03. The molecule has 130 valence electrons. The monoisotopic (exact) mass is 332 g/mol. The number of likely N-dealkylation sites (tertiary alicyclic amines) is 1. The molecule has 0 aromatic carbocycles. The van der Waals surface area contributed by atoms with Crippen molar-refractivity contribution in [3.63, 3.8) is 0 Å². The molecule has 2 aromatic rings. The van der Waals surface area contributed by atoms with Crippen molar-refractivity contribution in [2.45, 2.75) is 38.5 Å². The van der Waals surface area contributed by atoms with E-state index in [-0.39, 0.29) is 18.1 Å². The zero-order valence-corrected chi connectivity index (χ0v) is 14.3. The summed E-state index contributed by atoms with van der Waals surface area (Å²) in [5.41, 5.74) is 7.51. The maximum absolute atomic E-state index is 12.8. The summed E-state index contributed by atoms with van der Waals surface area (Å²) in [5.74, 6) is 0.571. The Morgan fingerprint density at radius 1 is 1.46 bits per heavy atom. The lowest BCUT2D eigenvalue weighted by molar-refractivity contribution is -0.132. The summed E-state index contributed by atoms with van der Waals surface area (Å²) >= 11 is 0. The average Bonchev–Trinajstić information content (AvgIpc) is 3.20. The highest BCUT2D eigenvalue weighted by Crippen LogP contribution is 2.23. The van der Waals surface area contributed by atoms with E-state index >= 15 is 0 Å². The average molecular weight is 332 g/mol. The number of aromatic nitrogens is 4. The van der Waals surface area contributed by atoms with Gasteiger partial charge in [-0.15, -0.1) is 0 Å². The van der Waals surface area contributed by atoms with Gasteiger partial charge in [0.15, 0.2) is 0 Å². The van der Waals surface area contributed by atoms with Crippen molar-refractivity contribution < 1.29 is 9.53 Å². The predicted molar refractivity (Wildman–Crippen MR) is 89.2 cm³/mol. The molecule has 8 heteroatoms. The van der Waals surface area contributed by atoms with E-state index in [1.54, 1.807) is 22.5 Å². The number of amides is 1. The van der Waals surface area contributed by atoms with Gasteiger partial charge in [-0.05, 0) is 25.5 Å². The standard InChI is InChI=1S/C16H24N6O2/c1-11-6-12(20(2)18-11)8-16(23)22-10-14(24-3)7-13(22)9-21-5-4-15(17)19-21/h4-6,13-14H,7-10H2,1-3H3,(H2,17,19)/t13-,14+/m0/s1. The molecule has 1 aliphatic heterocycles. The Balaban J connectivity index is 1.72. The van der Waals surface area contributed by atoms with Gasteiger partial charge in [-0.25, -0.2) is 0 Å². The molecule has 2 atom stereocenters. The van der Waals surface area contributed by atoms with Crippen LogP contribution in [-0.2, 0) is 29.5 Å². The van der Waals surface area contributed by atoms with Crippen LogP contribution in [0.15, 0.2) is 18.3 Å². The first kappa shape index (κ1) is 16.5. The van der Waals surface area contributed by atoms with Crippen molar-refractivity contribution in [2.75, 3.05) is 19.4 Å². The molecule has 2 N–H and O–H groups in total. The third-order valence-corrected chi connectivity index (χ3v) is 4.52. The third-order valence-electron chi connectivity index (χ3n) is 4.52. The summed E-state index contributed by atoms with van der Waals surface area (Å²) < 4.78 is 9.03. The number of hydrogen-bond acceptors (Lipinski definition) is 5. The molecule has 3 rings (SSSR count). The van der Waals surface area contributed by atoms with Gasteiger partial charge in [0.05, 0.1) is 30.8 Å². The highest BCUT2D eigenvalue weighted by atomic mass is 16.5. The fourth-order valence-electron chi connectivity index (χ4n) is 3.30. The first-order chi connectivity index (χ1) is 11.5. The normalized spacial score (nSPS) is 20.7. The summed E-state index contributed by atoms with van der Waals surface area (Å²) in [6.45, 7) is 3.15. The zero-order valence-electron chi connectivity index (χ0n) is 14.3. The fourth-order valence-corrected chi connectivity index (χ4v) is 3.30. The maximum atomic E-state index is 12.8. The van der Waals surface area contributed by atoms with Gasteiger partial charge in [0.25, 0.3) is 0 Å². The Morgan fingerprint density at radius 3 is 2.83 bits per heavy atom. The van der Waals surface area contributed by atoms with Crippen LogP contribution in [0, 0.1) is 6.92 Å². The van der Waals surface area contributed by atoms with E-state index in [2.05, 4.69) is 10.2 Å². The smallest absolute Gasteiger partial charge is 0.228 e. The number of nitrogen functional groups attached to an aromatic ring is 1. The summed E-state index contributed by atoms with van der Waals surface area (Å²) in [4.78, 5) is 14.7. The van der Waals surface area contributed by atoms with E-state index in [9.17, 15) is 4.79 Å². The van der Waals surface area contributed by atoms with Crippen molar-refractivity contribution in [1.29, 1.82) is 0 Å². The lowest BCUT2D eigenvalue weighted by Gasteiger charge is -2.24. The van der Waals surface area contributed by atoms with Crippen LogP contribution < -0.4 is 5.73 Å². The molecule has 0 aliphatic carbocycles. The van der Waals surface area contributed by atoms with Crippen LogP contribution in [0.3, 0.4) is 0 Å². The molecule has 2 aromatic heterocycles. The number of rotatable bonds is 5. The molecule has 8 nitrogen and oxygen atoms in total. The van der Waals surface area contributed by atoms with Crippen molar-refractivity contribution in [3.8, 4) is 0 Å². The molecule has 1 aliphatic rings. The van der Waals surface area contributed by atoms with E-state index in [1.807, 2.05) is 31.1 Å². The second-order valence-corrected chi connectivity index (χ2v) is 6.33. The molecular formula is C16H24N6O2. The van der Waals surface area contributed by atoms with E-state index in [4.69, 9.17) is 10.5 Å². The first-order valence-electron chi connectivity index (χ1n) is 8.07. The summed E-state index contributed by atoms with van der Waals surface area (Å²) in [7, 11) is 3.55. The second kappa shape index (κ2) is 6.64. The molecule has 0 unspecified atom stereocenters. The van der Waals surface area contributed by atoms with Crippen LogP contribution in [0.2, 0.25) is 0 Å². The predicted octanol–water partition coefficient (Wildman–Crippen LogP) is 0.366. The first-order valence-corrected chi connectivity index (χ1v) is 8.07. The van der Waals surface area contributed by atoms with Crippen LogP contribution in [0.25, 0.3) is 0 Å². The zero-order chi connectivity index (χ0) is 17.3. The van der Waals surface area contributed by atoms with Gasteiger partial charge < -0.3 is 15.4 Å². The molecule has 0 spiro atoms. The van der Waals surface area contributed by atoms with Crippen molar-refractivity contribution in [3.05, 3.63) is 29.7 Å². The maximum Gasteiger partial charge on any atom is 0.228 e. The van der Waals surface area contributed by atoms with E-state index < -0.39 is 0 Å². The van der Waals surface area contributed by atoms with Crippen molar-refractivity contribution in [1.82, 2.24) is 24.5 Å². The quantitative estimate of drug-likeness (QED) is 0.854. The van der Waals surface area contributed by atoms with Gasteiger partial charge in [0, 0.05) is 32.6 Å². The number of nitrogens with zero attached hydrogens (tertiary/aromatic N) is 5. The highest BCUT2D eigenvalue weighted by Gasteiger charge is 2.35. The lowest BCUT2D eigenvalue weighted by atomic mass is 10.2. The van der Waals surface area contributed by atoms with Crippen LogP contribution in [0.4, 0.5) is 5.82 Å². The van der Waals surface area contributed by atoms with Crippen LogP contribution in [-0.4, -0.2) is 56.2 Å². The molecule has 1 amide bonds. The minimum atomic E-state index is 0.0519. The number of methoxy groups -OCH3 is 1. The second-order valence-electron chi connectivity index (χ2n) is 6.33. The number of carbonyl (C=O) groups is 1. The van der Waals surface area contributed by atoms with Gasteiger partial charge in [0.1, 0.15) is 5.82 Å². The number of carbonyl (C=O) groups excluding carboxylic acids is 1. The number of aryl methyl sites for hydroxylation is 2. The van der Waals surface area contributed by atoms with E-state index in [1.165, 1.54) is 0 Å². The Labute approximate surface area is 141 Å².